The maximum Gasteiger partial charge on any atom is 0.126 e. The van der Waals surface area contributed by atoms with Gasteiger partial charge in [0.2, 0.25) is 0 Å². The topological polar surface area (TPSA) is 80.9 Å². The fraction of sp³-hybridized carbons (Fsp3) is 0.158. The van der Waals surface area contributed by atoms with Gasteiger partial charge in [-0.25, -0.2) is 0 Å². The van der Waals surface area contributed by atoms with Crippen LogP contribution in [0.15, 0.2) is 170 Å². The average molecular weight is 801 g/mol. The predicted molar refractivity (Wildman–Crippen MR) is 251 cm³/mol. The first kappa shape index (κ1) is 40.7. The van der Waals surface area contributed by atoms with Crippen molar-refractivity contribution in [3.63, 3.8) is 0 Å². The van der Waals surface area contributed by atoms with Gasteiger partial charge in [-0.15, -0.1) is 0 Å². The quantitative estimate of drug-likeness (QED) is 0.0992. The summed E-state index contributed by atoms with van der Waals surface area (Å²) in [7, 11) is 0. The highest BCUT2D eigenvalue weighted by molar-refractivity contribution is 5.77. The summed E-state index contributed by atoms with van der Waals surface area (Å²) in [5.74, 6) is 0.937. The lowest BCUT2D eigenvalue weighted by Crippen LogP contribution is -2.07. The molecule has 0 heterocycles. The molecule has 0 fully saturated rings. The van der Waals surface area contributed by atoms with E-state index in [0.29, 0.717) is 0 Å². The largest absolute Gasteiger partial charge is 0.507 e. The van der Waals surface area contributed by atoms with Crippen LogP contribution < -0.4 is 0 Å². The summed E-state index contributed by atoms with van der Waals surface area (Å²) in [5, 5.41) is 45.7. The number of aromatic hydroxyl groups is 4. The van der Waals surface area contributed by atoms with Gasteiger partial charge in [-0.1, -0.05) is 152 Å². The van der Waals surface area contributed by atoms with Crippen LogP contribution in [0.1, 0.15) is 75.6 Å². The van der Waals surface area contributed by atoms with Crippen molar-refractivity contribution in [1.29, 1.82) is 0 Å². The van der Waals surface area contributed by atoms with Crippen LogP contribution >= 0.6 is 0 Å². The Kier molecular flexibility index (Phi) is 11.8. The zero-order chi connectivity index (χ0) is 42.6. The second-order valence-electron chi connectivity index (χ2n) is 16.4. The number of rotatable bonds is 12. The van der Waals surface area contributed by atoms with Crippen LogP contribution in [0.25, 0.3) is 44.5 Å². The monoisotopic (exact) mass is 800 g/mol. The lowest BCUT2D eigenvalue weighted by molar-refractivity contribution is 0.472. The van der Waals surface area contributed by atoms with Crippen LogP contribution in [0.4, 0.5) is 0 Å². The fourth-order valence-corrected chi connectivity index (χ4v) is 8.96. The zero-order valence-electron chi connectivity index (χ0n) is 35.2. The van der Waals surface area contributed by atoms with E-state index in [2.05, 4.69) is 48.5 Å². The van der Waals surface area contributed by atoms with Gasteiger partial charge in [0, 0.05) is 34.1 Å². The van der Waals surface area contributed by atoms with E-state index in [4.69, 9.17) is 0 Å². The van der Waals surface area contributed by atoms with E-state index < -0.39 is 0 Å². The summed E-state index contributed by atoms with van der Waals surface area (Å²) in [6.07, 6.45) is 2.37. The van der Waals surface area contributed by atoms with Gasteiger partial charge < -0.3 is 20.4 Å². The van der Waals surface area contributed by atoms with Crippen molar-refractivity contribution < 1.29 is 20.4 Å². The molecule has 0 spiro atoms. The van der Waals surface area contributed by atoms with E-state index in [9.17, 15) is 20.4 Å². The molecule has 0 aliphatic carbocycles. The lowest BCUT2D eigenvalue weighted by Gasteiger charge is -2.25. The van der Waals surface area contributed by atoms with E-state index in [-0.39, 0.29) is 34.8 Å². The third-order valence-electron chi connectivity index (χ3n) is 12.2. The first-order valence-corrected chi connectivity index (χ1v) is 21.1. The Labute approximate surface area is 359 Å². The zero-order valence-corrected chi connectivity index (χ0v) is 35.2. The van der Waals surface area contributed by atoms with Crippen molar-refractivity contribution in [3.8, 4) is 67.5 Å². The Hall–Kier alpha value is -7.04. The maximum absolute atomic E-state index is 11.4. The van der Waals surface area contributed by atoms with Crippen LogP contribution in [-0.2, 0) is 0 Å². The molecule has 8 rings (SSSR count). The molecule has 0 saturated carbocycles. The van der Waals surface area contributed by atoms with E-state index in [1.807, 2.05) is 149 Å². The summed E-state index contributed by atoms with van der Waals surface area (Å²) < 4.78 is 0. The minimum atomic E-state index is -0.0768. The number of hydrogen-bond donors (Lipinski definition) is 4. The number of hydrogen-bond acceptors (Lipinski definition) is 4. The minimum Gasteiger partial charge on any atom is -0.507 e. The molecule has 0 atom stereocenters. The number of benzene rings is 8. The van der Waals surface area contributed by atoms with E-state index in [0.717, 1.165) is 108 Å². The molecule has 4 N–H and O–H groups in total. The number of aryl methyl sites for hydroxylation is 4. The maximum atomic E-state index is 11.4. The molecule has 304 valence electrons. The van der Waals surface area contributed by atoms with Gasteiger partial charge in [0.25, 0.3) is 0 Å². The van der Waals surface area contributed by atoms with Gasteiger partial charge in [-0.3, -0.25) is 0 Å². The van der Waals surface area contributed by atoms with Gasteiger partial charge >= 0.3 is 0 Å². The van der Waals surface area contributed by atoms with Crippen LogP contribution in [0, 0.1) is 27.7 Å². The van der Waals surface area contributed by atoms with E-state index in [1.54, 1.807) is 0 Å². The summed E-state index contributed by atoms with van der Waals surface area (Å²) >= 11 is 0. The molecule has 0 radical (unpaired) electrons. The average Bonchev–Trinajstić information content (AvgIpc) is 3.28. The van der Waals surface area contributed by atoms with Crippen LogP contribution in [0.3, 0.4) is 0 Å². The van der Waals surface area contributed by atoms with E-state index >= 15 is 0 Å². The highest BCUT2D eigenvalue weighted by atomic mass is 16.3. The molecular formula is C57H52O4. The van der Waals surface area contributed by atoms with Crippen molar-refractivity contribution in [2.75, 3.05) is 0 Å². The summed E-state index contributed by atoms with van der Waals surface area (Å²) in [6.45, 7) is 7.85. The highest BCUT2D eigenvalue weighted by Gasteiger charge is 2.25. The van der Waals surface area contributed by atoms with Crippen molar-refractivity contribution in [1.82, 2.24) is 0 Å². The Morgan fingerprint density at radius 2 is 0.525 bits per heavy atom. The smallest absolute Gasteiger partial charge is 0.126 e. The molecule has 0 aromatic heterocycles. The molecule has 8 aromatic rings. The molecular weight excluding hydrogens is 749 g/mol. The van der Waals surface area contributed by atoms with Crippen molar-refractivity contribution >= 4 is 0 Å². The van der Waals surface area contributed by atoms with Gasteiger partial charge in [-0.2, -0.15) is 0 Å². The molecule has 0 aliphatic heterocycles. The second kappa shape index (κ2) is 17.7. The standard InChI is InChI=1S/C57H52O4/c1-36-28-44(32-50(54(36)58)40-18-9-5-10-19-40)48(45-29-37(2)55(59)51(33-45)41-20-11-6-12-21-41)26-17-27-49(46-30-38(3)56(60)52(34-46)42-22-13-7-14-23-42)47-31-39(4)57(61)53(35-47)43-24-15-8-16-25-43/h5-16,18-25,28-35,48-49,58-61H,17,26-27H2,1-4H3. The van der Waals surface area contributed by atoms with E-state index in [1.165, 1.54) is 0 Å². The van der Waals surface area contributed by atoms with Crippen LogP contribution in [0.5, 0.6) is 23.0 Å². The Balaban J connectivity index is 1.25. The molecule has 0 bridgehead atoms. The van der Waals surface area contributed by atoms with Crippen LogP contribution in [0.2, 0.25) is 0 Å². The second-order valence-corrected chi connectivity index (χ2v) is 16.4. The van der Waals surface area contributed by atoms with Gasteiger partial charge in [0.15, 0.2) is 0 Å². The summed E-state index contributed by atoms with van der Waals surface area (Å²) in [4.78, 5) is 0. The first-order valence-electron chi connectivity index (χ1n) is 21.1. The van der Waals surface area contributed by atoms with Gasteiger partial charge in [0.05, 0.1) is 0 Å². The molecule has 4 heteroatoms. The molecule has 4 nitrogen and oxygen atoms in total. The van der Waals surface area contributed by atoms with Gasteiger partial charge in [0.1, 0.15) is 23.0 Å². The minimum absolute atomic E-state index is 0.0768. The van der Waals surface area contributed by atoms with Gasteiger partial charge in [-0.05, 0) is 132 Å². The lowest BCUT2D eigenvalue weighted by atomic mass is 9.79. The Morgan fingerprint density at radius 1 is 0.311 bits per heavy atom. The third-order valence-corrected chi connectivity index (χ3v) is 12.2. The van der Waals surface area contributed by atoms with Crippen molar-refractivity contribution in [3.05, 3.63) is 214 Å². The summed E-state index contributed by atoms with van der Waals surface area (Å²) in [6, 6.07) is 57.1. The Bertz CT molecular complexity index is 2410. The molecule has 61 heavy (non-hydrogen) atoms. The molecule has 0 amide bonds. The molecule has 0 aliphatic rings. The third kappa shape index (κ3) is 8.53. The Morgan fingerprint density at radius 3 is 0.738 bits per heavy atom. The molecule has 8 aromatic carbocycles. The summed E-state index contributed by atoms with van der Waals surface area (Å²) in [5.41, 5.74) is 14.5. The number of phenols is 4. The highest BCUT2D eigenvalue weighted by Crippen LogP contribution is 2.45. The van der Waals surface area contributed by atoms with Crippen molar-refractivity contribution in [2.45, 2.75) is 58.8 Å². The SMILES string of the molecule is Cc1cc(C(CCCC(c2cc(C)c(O)c(-c3ccccc3)c2)c2cc(C)c(O)c(-c3ccccc3)c2)c2cc(C)c(O)c(-c3ccccc3)c2)cc(-c2ccccc2)c1O. The predicted octanol–water partition coefficient (Wildman–Crippen LogP) is 14.5. The number of phenolic OH excluding ortho intramolecular Hbond substituents is 4. The van der Waals surface area contributed by atoms with Crippen molar-refractivity contribution in [2.24, 2.45) is 0 Å². The van der Waals surface area contributed by atoms with Crippen LogP contribution in [-0.4, -0.2) is 20.4 Å². The fourth-order valence-electron chi connectivity index (χ4n) is 8.96. The first-order chi connectivity index (χ1) is 29.6. The normalized spacial score (nSPS) is 11.4. The molecule has 0 saturated heterocycles. The molecule has 0 unspecified atom stereocenters.